The average molecular weight is 1020 g/mol. The normalized spacial score (nSPS) is 34.8. The molecule has 3 aliphatic heterocycles. The van der Waals surface area contributed by atoms with Crippen molar-refractivity contribution in [1.29, 1.82) is 0 Å². The summed E-state index contributed by atoms with van der Waals surface area (Å²) in [5.41, 5.74) is -1.35. The van der Waals surface area contributed by atoms with E-state index in [2.05, 4.69) is 25.7 Å². The number of carbonyl (C=O) groups is 4. The van der Waals surface area contributed by atoms with Crippen molar-refractivity contribution in [2.75, 3.05) is 44.1 Å². The summed E-state index contributed by atoms with van der Waals surface area (Å²) < 4.78 is 33.4. The fraction of sp³-hybridized carbons (Fsp3) is 0.688. The first kappa shape index (κ1) is 54.7. The second-order valence-corrected chi connectivity index (χ2v) is 21.5. The molecule has 3 fully saturated rings. The van der Waals surface area contributed by atoms with Crippen LogP contribution in [0.2, 0.25) is 10.0 Å². The summed E-state index contributed by atoms with van der Waals surface area (Å²) >= 11 is 14.0. The Morgan fingerprint density at radius 2 is 1.67 bits per heavy atom. The molecule has 0 aromatic carbocycles. The molecular formula is C48H69Cl2N7O11S. The third-order valence-corrected chi connectivity index (χ3v) is 16.4. The van der Waals surface area contributed by atoms with Crippen molar-refractivity contribution in [3.05, 3.63) is 40.4 Å². The number of nitrogens with one attached hydrogen (secondary N) is 2. The summed E-state index contributed by atoms with van der Waals surface area (Å²) in [6, 6.07) is -0.292. The molecule has 6 rings (SSSR count). The minimum Gasteiger partial charge on any atom is -0.458 e. The standard InChI is InChI=1S/C48H69Cl2N7O11S/c1-13-33-48(9)34(40(45(63)68-48)69-16-15-52-35-28-20-54-57(14-2)42(28)53-19-29(35)43(61)55-36-30(49)21-51-22-31(36)50)25(5)37(58)23(3)18-47(8,64-12)41(26(6)38(59)27(7)44(62)66-33)67-46-39(60)32(56(10)11)17-24(4)65-46/h19-27,32-34,38-41,46,59-60H,13-18H2,1-12H3,(H,52,53)(H,51,55,61)/t23-,24-,25-,26+,27-,32+,33-,34+,38+,39-,40+,41-,46+,47-,48-/m1/s1. The minimum absolute atomic E-state index is 0.115. The molecule has 0 spiro atoms. The summed E-state index contributed by atoms with van der Waals surface area (Å²) in [7, 11) is 5.24. The number of cyclic esters (lactones) is 1. The number of thioether (sulfide) groups is 1. The Morgan fingerprint density at radius 1 is 0.986 bits per heavy atom. The van der Waals surface area contributed by atoms with Crippen molar-refractivity contribution in [3.8, 4) is 0 Å². The van der Waals surface area contributed by atoms with Crippen LogP contribution in [0.4, 0.5) is 11.4 Å². The lowest BCUT2D eigenvalue weighted by molar-refractivity contribution is -0.301. The predicted molar refractivity (Wildman–Crippen MR) is 263 cm³/mol. The molecule has 3 aromatic heterocycles. The van der Waals surface area contributed by atoms with Gasteiger partial charge in [0.05, 0.1) is 68.4 Å². The first-order chi connectivity index (χ1) is 32.5. The molecule has 4 N–H and O–H groups in total. The van der Waals surface area contributed by atoms with E-state index in [-0.39, 0.29) is 58.6 Å². The molecule has 0 bridgehead atoms. The zero-order chi connectivity index (χ0) is 50.9. The Hall–Kier alpha value is -3.66. The number of ether oxygens (including phenoxy) is 5. The van der Waals surface area contributed by atoms with Gasteiger partial charge in [-0.05, 0) is 68.0 Å². The van der Waals surface area contributed by atoms with E-state index in [0.29, 0.717) is 35.4 Å². The van der Waals surface area contributed by atoms with E-state index in [0.717, 1.165) is 0 Å². The summed E-state index contributed by atoms with van der Waals surface area (Å²) in [6.45, 7) is 16.8. The van der Waals surface area contributed by atoms with Crippen LogP contribution in [0.1, 0.15) is 91.9 Å². The second kappa shape index (κ2) is 22.4. The maximum Gasteiger partial charge on any atom is 0.320 e. The van der Waals surface area contributed by atoms with Gasteiger partial charge in [-0.3, -0.25) is 24.2 Å². The number of halogens is 2. The minimum atomic E-state index is -1.45. The van der Waals surface area contributed by atoms with Crippen LogP contribution in [0.15, 0.2) is 24.8 Å². The number of likely N-dealkylation sites (N-methyl/N-ethyl adjacent to an activating group) is 1. The summed E-state index contributed by atoms with van der Waals surface area (Å²) in [5.74, 6) is -5.85. The maximum atomic E-state index is 15.0. The smallest absolute Gasteiger partial charge is 0.320 e. The number of aliphatic hydroxyl groups excluding tert-OH is 2. The van der Waals surface area contributed by atoms with Gasteiger partial charge < -0.3 is 49.4 Å². The zero-order valence-corrected chi connectivity index (χ0v) is 43.9. The zero-order valence-electron chi connectivity index (χ0n) is 41.5. The van der Waals surface area contributed by atoms with Gasteiger partial charge in [-0.1, -0.05) is 50.9 Å². The number of hydrogen-bond donors (Lipinski definition) is 4. The van der Waals surface area contributed by atoms with Gasteiger partial charge in [-0.25, -0.2) is 9.67 Å². The molecule has 0 aliphatic carbocycles. The van der Waals surface area contributed by atoms with E-state index in [4.69, 9.17) is 46.9 Å². The third-order valence-electron chi connectivity index (χ3n) is 14.5. The van der Waals surface area contributed by atoms with Gasteiger partial charge >= 0.3 is 11.9 Å². The fourth-order valence-corrected chi connectivity index (χ4v) is 12.4. The molecule has 69 heavy (non-hydrogen) atoms. The van der Waals surface area contributed by atoms with E-state index in [1.807, 2.05) is 39.8 Å². The highest BCUT2D eigenvalue weighted by Gasteiger charge is 2.61. The molecule has 18 nitrogen and oxygen atoms in total. The number of amides is 1. The van der Waals surface area contributed by atoms with Crippen LogP contribution in [0.25, 0.3) is 11.0 Å². The quantitative estimate of drug-likeness (QED) is 0.109. The lowest BCUT2D eigenvalue weighted by Crippen LogP contribution is -2.60. The number of ketones is 1. The molecule has 0 saturated carbocycles. The number of Topliss-reactive ketones (excluding diaryl/α,β-unsaturated/α-hetero) is 1. The fourth-order valence-electron chi connectivity index (χ4n) is 10.6. The Balaban J connectivity index is 1.30. The molecule has 3 aliphatic rings. The molecule has 0 unspecified atom stereocenters. The van der Waals surface area contributed by atoms with Crippen molar-refractivity contribution in [1.82, 2.24) is 24.6 Å². The lowest BCUT2D eigenvalue weighted by atomic mass is 9.70. The number of aliphatic hydroxyl groups is 2. The number of methoxy groups -OCH3 is 1. The molecule has 15 atom stereocenters. The summed E-state index contributed by atoms with van der Waals surface area (Å²) in [4.78, 5) is 67.7. The van der Waals surface area contributed by atoms with Gasteiger partial charge in [0.1, 0.15) is 23.2 Å². The highest BCUT2D eigenvalue weighted by molar-refractivity contribution is 8.00. The van der Waals surface area contributed by atoms with E-state index >= 15 is 0 Å². The highest BCUT2D eigenvalue weighted by Crippen LogP contribution is 2.49. The van der Waals surface area contributed by atoms with Gasteiger partial charge in [-0.15, -0.1) is 11.8 Å². The van der Waals surface area contributed by atoms with Crippen LogP contribution in [0, 0.1) is 29.6 Å². The van der Waals surface area contributed by atoms with Crippen molar-refractivity contribution < 1.29 is 53.1 Å². The average Bonchev–Trinajstić information content (AvgIpc) is 3.85. The van der Waals surface area contributed by atoms with Crippen LogP contribution >= 0.6 is 35.0 Å². The number of nitrogens with zero attached hydrogens (tertiary/aromatic N) is 5. The topological polar surface area (TPSA) is 226 Å². The number of aryl methyl sites for hydroxylation is 1. The SMILES string of the molecule is CC[C@H]1OC(=O)[C@H](C)[C@@H](O)[C@H](C)[C@@H](O[C@@H]2O[C@H](C)C[C@H](N(C)C)[C@H]2O)[C@](C)(OC)C[C@@H](C)C(=O)[C@H](C)[C@H]2[C@H](SCCNc3c(C(=O)Nc4c(Cl)cncc4Cl)cnc4c3cnn4CC)C(=O)O[C@@]21C. The molecular weight excluding hydrogens is 954 g/mol. The van der Waals surface area contributed by atoms with Crippen molar-refractivity contribution in [2.45, 2.75) is 147 Å². The van der Waals surface area contributed by atoms with Crippen LogP contribution in [-0.2, 0) is 44.6 Å². The van der Waals surface area contributed by atoms with Crippen LogP contribution in [0.3, 0.4) is 0 Å². The Morgan fingerprint density at radius 3 is 2.29 bits per heavy atom. The number of hydrogen-bond acceptors (Lipinski definition) is 17. The molecule has 0 radical (unpaired) electrons. The van der Waals surface area contributed by atoms with Crippen LogP contribution < -0.4 is 10.6 Å². The number of carbonyl (C=O) groups excluding carboxylic acids is 4. The number of rotatable bonds is 13. The van der Waals surface area contributed by atoms with Gasteiger partial charge in [0.15, 0.2) is 17.5 Å². The monoisotopic (exact) mass is 1020 g/mol. The van der Waals surface area contributed by atoms with Crippen LogP contribution in [0.5, 0.6) is 0 Å². The number of pyridine rings is 2. The van der Waals surface area contributed by atoms with Gasteiger partial charge in [0, 0.05) is 74.3 Å². The number of fused-ring (bicyclic) bond motifs is 2. The summed E-state index contributed by atoms with van der Waals surface area (Å²) in [5, 5.41) is 34.2. The van der Waals surface area contributed by atoms with Gasteiger partial charge in [-0.2, -0.15) is 5.10 Å². The number of aromatic nitrogens is 4. The number of esters is 2. The van der Waals surface area contributed by atoms with Crippen molar-refractivity contribution >= 4 is 81.0 Å². The molecule has 3 saturated heterocycles. The molecule has 21 heteroatoms. The second-order valence-electron chi connectivity index (χ2n) is 19.4. The largest absolute Gasteiger partial charge is 0.458 e. The third kappa shape index (κ3) is 11.1. The maximum absolute atomic E-state index is 15.0. The van der Waals surface area contributed by atoms with E-state index in [1.165, 1.54) is 37.5 Å². The Kier molecular flexibility index (Phi) is 17.8. The molecule has 382 valence electrons. The Labute approximate surface area is 418 Å². The highest BCUT2D eigenvalue weighted by atomic mass is 35.5. The molecule has 6 heterocycles. The van der Waals surface area contributed by atoms with E-state index in [1.54, 1.807) is 52.4 Å². The summed E-state index contributed by atoms with van der Waals surface area (Å²) in [6.07, 6.45) is 0.931. The first-order valence-corrected chi connectivity index (χ1v) is 25.5. The van der Waals surface area contributed by atoms with E-state index < -0.39 is 94.6 Å². The Bertz CT molecular complexity index is 2320. The number of anilines is 2. The van der Waals surface area contributed by atoms with Crippen molar-refractivity contribution in [3.63, 3.8) is 0 Å². The van der Waals surface area contributed by atoms with Gasteiger partial charge in [0.25, 0.3) is 5.91 Å². The van der Waals surface area contributed by atoms with Crippen molar-refractivity contribution in [2.24, 2.45) is 29.6 Å². The lowest BCUT2D eigenvalue weighted by Gasteiger charge is -2.48. The first-order valence-electron chi connectivity index (χ1n) is 23.7. The molecule has 1 amide bonds. The van der Waals surface area contributed by atoms with Gasteiger partial charge in [0.2, 0.25) is 0 Å². The van der Waals surface area contributed by atoms with Crippen LogP contribution in [-0.4, -0.2) is 151 Å². The predicted octanol–water partition coefficient (Wildman–Crippen LogP) is 6.27. The van der Waals surface area contributed by atoms with E-state index in [9.17, 15) is 29.4 Å². The molecule has 3 aromatic rings.